The normalized spacial score (nSPS) is 24.6. The topological polar surface area (TPSA) is 125 Å². The molecule has 39 heavy (non-hydrogen) atoms. The third-order valence-electron chi connectivity index (χ3n) is 8.12. The fourth-order valence-corrected chi connectivity index (χ4v) is 6.10. The summed E-state index contributed by atoms with van der Waals surface area (Å²) in [5.74, 6) is -0.489. The van der Waals surface area contributed by atoms with E-state index in [4.69, 9.17) is 4.74 Å². The number of hydrogen-bond donors (Lipinski definition) is 2. The highest BCUT2D eigenvalue weighted by Gasteiger charge is 2.68. The number of nitrogens with zero attached hydrogens (tertiary/aromatic N) is 2. The third-order valence-corrected chi connectivity index (χ3v) is 9.67. The van der Waals surface area contributed by atoms with Crippen LogP contribution in [-0.2, 0) is 24.3 Å². The van der Waals surface area contributed by atoms with Crippen molar-refractivity contribution in [2.75, 3.05) is 27.2 Å². The Balaban J connectivity index is 2.24. The van der Waals surface area contributed by atoms with Gasteiger partial charge in [-0.25, -0.2) is 13.2 Å². The minimum atomic E-state index is -5.60. The molecule has 2 rings (SSSR count). The fourth-order valence-electron chi connectivity index (χ4n) is 5.40. The van der Waals surface area contributed by atoms with Gasteiger partial charge in [0.05, 0.1) is 13.5 Å². The van der Waals surface area contributed by atoms with Gasteiger partial charge in [0.15, 0.2) is 0 Å². The van der Waals surface area contributed by atoms with Crippen molar-refractivity contribution < 1.29 is 40.7 Å². The molecule has 0 unspecified atom stereocenters. The van der Waals surface area contributed by atoms with Crippen molar-refractivity contribution in [2.45, 2.75) is 85.4 Å². The lowest BCUT2D eigenvalue weighted by Crippen LogP contribution is -2.61. The number of rotatable bonds is 8. The summed E-state index contributed by atoms with van der Waals surface area (Å²) in [5, 5.41) is 5.24. The average molecular weight is 585 g/mol. The molecule has 14 heteroatoms. The molecular weight excluding hydrogens is 541 g/mol. The maximum absolute atomic E-state index is 13.8. The molecule has 1 saturated carbocycles. The zero-order valence-corrected chi connectivity index (χ0v) is 25.2. The Morgan fingerprint density at radius 2 is 1.59 bits per heavy atom. The van der Waals surface area contributed by atoms with E-state index in [1.165, 1.54) is 7.11 Å². The Morgan fingerprint density at radius 1 is 1.05 bits per heavy atom. The monoisotopic (exact) mass is 584 g/mol. The van der Waals surface area contributed by atoms with Crippen LogP contribution >= 0.6 is 0 Å². The maximum Gasteiger partial charge on any atom is 0.511 e. The summed E-state index contributed by atoms with van der Waals surface area (Å²) in [7, 11) is -3.52. The molecule has 1 aliphatic heterocycles. The molecule has 5 atom stereocenters. The van der Waals surface area contributed by atoms with Gasteiger partial charge in [-0.05, 0) is 28.1 Å². The number of piperidine rings is 1. The Hall–Kier alpha value is -2.09. The van der Waals surface area contributed by atoms with Crippen LogP contribution in [0.2, 0.25) is 0 Å². The van der Waals surface area contributed by atoms with Crippen molar-refractivity contribution >= 4 is 27.9 Å². The number of amides is 3. The molecular formula is C25H43F3N4O6S. The molecule has 0 aromatic carbocycles. The number of likely N-dealkylation sites (N-methyl/N-ethyl adjacent to an activating group) is 1. The first-order valence-electron chi connectivity index (χ1n) is 12.8. The number of carbonyl (C=O) groups excluding carboxylic acids is 3. The number of urea groups is 1. The van der Waals surface area contributed by atoms with Gasteiger partial charge in [-0.15, -0.1) is 0 Å². The zero-order valence-electron chi connectivity index (χ0n) is 24.4. The predicted octanol–water partition coefficient (Wildman–Crippen LogP) is 2.94. The van der Waals surface area contributed by atoms with Crippen molar-refractivity contribution in [3.8, 4) is 0 Å². The number of ether oxygens (including phenoxy) is 1. The lowest BCUT2D eigenvalue weighted by atomic mass is 9.85. The molecule has 1 aliphatic carbocycles. The van der Waals surface area contributed by atoms with E-state index in [1.807, 2.05) is 0 Å². The number of esters is 1. The molecule has 0 aromatic heterocycles. The number of methoxy groups -OCH3 is 1. The molecule has 2 aliphatic rings. The minimum Gasteiger partial charge on any atom is -0.469 e. The second-order valence-corrected chi connectivity index (χ2v) is 15.4. The summed E-state index contributed by atoms with van der Waals surface area (Å²) >= 11 is 0. The van der Waals surface area contributed by atoms with Crippen LogP contribution in [0.5, 0.6) is 0 Å². The van der Waals surface area contributed by atoms with E-state index in [0.29, 0.717) is 6.54 Å². The number of fused-ring (bicyclic) bond motifs is 1. The highest BCUT2D eigenvalue weighted by Crippen LogP contribution is 2.65. The van der Waals surface area contributed by atoms with Crippen LogP contribution in [-0.4, -0.2) is 86.4 Å². The summed E-state index contributed by atoms with van der Waals surface area (Å²) in [6, 6.07) is -3.27. The molecule has 226 valence electrons. The smallest absolute Gasteiger partial charge is 0.469 e. The standard InChI is InChI=1S/C25H43F3N4O6S/c1-22(2,3)16(13-31(9)39(36,37)25(26,27)28)29-21(35)30-19(23(4,5)6)20(34)32-12-14-18(24(14,7)8)15(32)11-17(33)38-10/h14-16,18-19H,11-13H2,1-10H3,(H2,29,30,35)/t14-,15+,16+,18-,19+/m0/s1. The van der Waals surface area contributed by atoms with Gasteiger partial charge in [0, 0.05) is 32.2 Å². The highest BCUT2D eigenvalue weighted by atomic mass is 32.2. The first-order chi connectivity index (χ1) is 17.4. The Morgan fingerprint density at radius 3 is 2.03 bits per heavy atom. The number of carbonyl (C=O) groups is 3. The molecule has 1 saturated heterocycles. The van der Waals surface area contributed by atoms with Gasteiger partial charge >= 0.3 is 27.5 Å². The summed E-state index contributed by atoms with van der Waals surface area (Å²) in [6.07, 6.45) is 0.0298. The van der Waals surface area contributed by atoms with E-state index >= 15 is 0 Å². The van der Waals surface area contributed by atoms with Crippen LogP contribution in [0.25, 0.3) is 0 Å². The van der Waals surface area contributed by atoms with Gasteiger partial charge in [0.25, 0.3) is 0 Å². The predicted molar refractivity (Wildman–Crippen MR) is 139 cm³/mol. The quantitative estimate of drug-likeness (QED) is 0.423. The van der Waals surface area contributed by atoms with Crippen molar-refractivity contribution in [3.05, 3.63) is 0 Å². The van der Waals surface area contributed by atoms with Gasteiger partial charge in [-0.1, -0.05) is 55.4 Å². The van der Waals surface area contributed by atoms with Crippen molar-refractivity contribution in [1.29, 1.82) is 0 Å². The molecule has 1 heterocycles. The molecule has 0 aromatic rings. The first-order valence-corrected chi connectivity index (χ1v) is 14.3. The van der Waals surface area contributed by atoms with E-state index in [0.717, 1.165) is 7.05 Å². The second kappa shape index (κ2) is 10.7. The van der Waals surface area contributed by atoms with Crippen molar-refractivity contribution in [1.82, 2.24) is 19.8 Å². The van der Waals surface area contributed by atoms with E-state index < -0.39 is 57.0 Å². The van der Waals surface area contributed by atoms with Gasteiger partial charge in [0.2, 0.25) is 5.91 Å². The molecule has 2 N–H and O–H groups in total. The SMILES string of the molecule is COC(=O)C[C@@H]1[C@@H]2[C@H](CN1C(=O)[C@@H](NC(=O)N[C@H](CN(C)S(=O)(=O)C(F)(F)F)C(C)(C)C)C(C)(C)C)C2(C)C. The van der Waals surface area contributed by atoms with Crippen LogP contribution < -0.4 is 10.6 Å². The molecule has 0 radical (unpaired) electrons. The van der Waals surface area contributed by atoms with Crippen LogP contribution in [0, 0.1) is 28.1 Å². The van der Waals surface area contributed by atoms with Gasteiger partial charge in [0.1, 0.15) is 6.04 Å². The molecule has 0 spiro atoms. The van der Waals surface area contributed by atoms with Crippen LogP contribution in [0.1, 0.15) is 61.8 Å². The van der Waals surface area contributed by atoms with E-state index in [1.54, 1.807) is 46.4 Å². The lowest BCUT2D eigenvalue weighted by Gasteiger charge is -2.39. The third kappa shape index (κ3) is 6.98. The molecule has 0 bridgehead atoms. The van der Waals surface area contributed by atoms with Crippen LogP contribution in [0.3, 0.4) is 0 Å². The first kappa shape index (κ1) is 33.1. The number of alkyl halides is 3. The Bertz CT molecular complexity index is 1070. The van der Waals surface area contributed by atoms with Crippen LogP contribution in [0.15, 0.2) is 0 Å². The van der Waals surface area contributed by atoms with Gasteiger partial charge in [-0.2, -0.15) is 17.5 Å². The molecule has 2 fully saturated rings. The number of likely N-dealkylation sites (tertiary alicyclic amines) is 1. The van der Waals surface area contributed by atoms with Crippen LogP contribution in [0.4, 0.5) is 18.0 Å². The maximum atomic E-state index is 13.8. The average Bonchev–Trinajstić information content (AvgIpc) is 3.08. The van der Waals surface area contributed by atoms with E-state index in [-0.39, 0.29) is 39.9 Å². The van der Waals surface area contributed by atoms with E-state index in [9.17, 15) is 36.0 Å². The van der Waals surface area contributed by atoms with Gasteiger partial charge < -0.3 is 20.3 Å². The minimum absolute atomic E-state index is 0.0276. The fraction of sp³-hybridized carbons (Fsp3) is 0.880. The number of sulfonamides is 1. The largest absolute Gasteiger partial charge is 0.511 e. The Kier molecular flexibility index (Phi) is 9.10. The number of halogens is 3. The molecule has 3 amide bonds. The lowest BCUT2D eigenvalue weighted by molar-refractivity contribution is -0.145. The highest BCUT2D eigenvalue weighted by molar-refractivity contribution is 7.89. The second-order valence-electron chi connectivity index (χ2n) is 13.4. The summed E-state index contributed by atoms with van der Waals surface area (Å²) < 4.78 is 67.8. The van der Waals surface area contributed by atoms with Crippen molar-refractivity contribution in [3.63, 3.8) is 0 Å². The van der Waals surface area contributed by atoms with Crippen molar-refractivity contribution in [2.24, 2.45) is 28.1 Å². The number of hydrogen-bond acceptors (Lipinski definition) is 6. The number of nitrogens with one attached hydrogen (secondary N) is 2. The van der Waals surface area contributed by atoms with Gasteiger partial charge in [-0.3, -0.25) is 9.59 Å². The zero-order chi connectivity index (χ0) is 30.5. The Labute approximate surface area is 229 Å². The van der Waals surface area contributed by atoms with E-state index in [2.05, 4.69) is 24.5 Å². The summed E-state index contributed by atoms with van der Waals surface area (Å²) in [5.41, 5.74) is -7.11. The molecule has 10 nitrogen and oxygen atoms in total. The summed E-state index contributed by atoms with van der Waals surface area (Å²) in [4.78, 5) is 40.7. The summed E-state index contributed by atoms with van der Waals surface area (Å²) in [6.45, 7) is 14.2.